The van der Waals surface area contributed by atoms with Crippen LogP contribution in [0.2, 0.25) is 0 Å². The van der Waals surface area contributed by atoms with E-state index in [1.165, 1.54) is 0 Å². The molecule has 0 saturated carbocycles. The van der Waals surface area contributed by atoms with Gasteiger partial charge < -0.3 is 23.7 Å². The van der Waals surface area contributed by atoms with E-state index in [0.717, 1.165) is 5.56 Å². The molecule has 23 heavy (non-hydrogen) atoms. The Labute approximate surface area is 134 Å². The van der Waals surface area contributed by atoms with Crippen molar-refractivity contribution in [1.82, 2.24) is 0 Å². The summed E-state index contributed by atoms with van der Waals surface area (Å²) in [4.78, 5) is 11.7. The Bertz CT molecular complexity index is 561. The molecule has 1 aromatic carbocycles. The smallest absolute Gasteiger partial charge is 0.308 e. The molecule has 0 aliphatic carbocycles. The lowest BCUT2D eigenvalue weighted by atomic mass is 9.98. The summed E-state index contributed by atoms with van der Waals surface area (Å²) in [6.45, 7) is 2.59. The quantitative estimate of drug-likeness (QED) is 0.620. The maximum absolute atomic E-state index is 11.7. The van der Waals surface area contributed by atoms with Crippen LogP contribution in [-0.2, 0) is 28.5 Å². The molecule has 3 heterocycles. The van der Waals surface area contributed by atoms with Gasteiger partial charge >= 0.3 is 5.97 Å². The molecule has 3 saturated heterocycles. The average Bonchev–Trinajstić information content (AvgIpc) is 3.37. The normalized spacial score (nSPS) is 38.3. The van der Waals surface area contributed by atoms with Crippen LogP contribution in [0.25, 0.3) is 0 Å². The van der Waals surface area contributed by atoms with E-state index in [0.29, 0.717) is 13.2 Å². The molecular weight excluding hydrogens is 300 g/mol. The number of epoxide rings is 1. The highest BCUT2D eigenvalue weighted by Gasteiger charge is 2.60. The van der Waals surface area contributed by atoms with Crippen molar-refractivity contribution >= 4 is 5.97 Å². The number of rotatable bonds is 4. The van der Waals surface area contributed by atoms with Gasteiger partial charge in [0.15, 0.2) is 6.29 Å². The summed E-state index contributed by atoms with van der Waals surface area (Å²) in [6.07, 6.45) is -0.942. The highest BCUT2D eigenvalue weighted by molar-refractivity contribution is 5.70. The monoisotopic (exact) mass is 320 g/mol. The Morgan fingerprint density at radius 3 is 2.74 bits per heavy atom. The van der Waals surface area contributed by atoms with E-state index < -0.39 is 6.29 Å². The number of carbonyl (C=O) groups is 1. The number of hydrogen-bond donors (Lipinski definition) is 0. The molecule has 3 aliphatic rings. The predicted octanol–water partition coefficient (Wildman–Crippen LogP) is 1.59. The Kier molecular flexibility index (Phi) is 4.07. The summed E-state index contributed by atoms with van der Waals surface area (Å²) in [5.74, 6) is -0.259. The van der Waals surface area contributed by atoms with Crippen LogP contribution in [0.1, 0.15) is 25.2 Å². The highest BCUT2D eigenvalue weighted by Crippen LogP contribution is 2.44. The van der Waals surface area contributed by atoms with Gasteiger partial charge in [-0.25, -0.2) is 0 Å². The van der Waals surface area contributed by atoms with Crippen molar-refractivity contribution < 1.29 is 28.5 Å². The van der Waals surface area contributed by atoms with Crippen LogP contribution in [0.3, 0.4) is 0 Å². The minimum Gasteiger partial charge on any atom is -0.466 e. The van der Waals surface area contributed by atoms with Crippen LogP contribution in [0.15, 0.2) is 30.3 Å². The predicted molar refractivity (Wildman–Crippen MR) is 78.6 cm³/mol. The Morgan fingerprint density at radius 2 is 1.96 bits per heavy atom. The summed E-state index contributed by atoms with van der Waals surface area (Å²) in [5.41, 5.74) is 0.983. The zero-order chi connectivity index (χ0) is 15.8. The third-order valence-corrected chi connectivity index (χ3v) is 4.41. The number of carbonyl (C=O) groups excluding carboxylic acids is 1. The first-order chi connectivity index (χ1) is 11.3. The molecule has 0 N–H and O–H groups in total. The molecule has 0 amide bonds. The van der Waals surface area contributed by atoms with E-state index in [2.05, 4.69) is 0 Å². The van der Waals surface area contributed by atoms with E-state index in [9.17, 15) is 4.79 Å². The molecule has 6 nitrogen and oxygen atoms in total. The van der Waals surface area contributed by atoms with Crippen LogP contribution in [-0.4, -0.2) is 49.7 Å². The summed E-state index contributed by atoms with van der Waals surface area (Å²) in [6, 6.07) is 9.82. The lowest BCUT2D eigenvalue weighted by molar-refractivity contribution is -0.282. The molecule has 6 atom stereocenters. The first kappa shape index (κ1) is 15.1. The highest BCUT2D eigenvalue weighted by atomic mass is 16.7. The Balaban J connectivity index is 1.39. The SMILES string of the molecule is CCOC(=O)C[C@H]1O[C@@H]2CO[C@@H](c3ccccc3)O[C@H]2[C@@H]2O[C@@H]21. The Morgan fingerprint density at radius 1 is 1.13 bits per heavy atom. The van der Waals surface area contributed by atoms with Gasteiger partial charge in [-0.1, -0.05) is 30.3 Å². The summed E-state index contributed by atoms with van der Waals surface area (Å²) in [7, 11) is 0. The molecule has 0 aromatic heterocycles. The van der Waals surface area contributed by atoms with Crippen LogP contribution in [0.4, 0.5) is 0 Å². The zero-order valence-corrected chi connectivity index (χ0v) is 12.9. The van der Waals surface area contributed by atoms with Crippen molar-refractivity contribution in [3.63, 3.8) is 0 Å². The van der Waals surface area contributed by atoms with Gasteiger partial charge in [0.2, 0.25) is 0 Å². The third kappa shape index (κ3) is 2.99. The number of hydrogen-bond acceptors (Lipinski definition) is 6. The maximum atomic E-state index is 11.7. The first-order valence-corrected chi connectivity index (χ1v) is 8.05. The second-order valence-corrected chi connectivity index (χ2v) is 5.96. The minimum atomic E-state index is -0.396. The fraction of sp³-hybridized carbons (Fsp3) is 0.588. The van der Waals surface area contributed by atoms with Crippen molar-refractivity contribution in [2.45, 2.75) is 50.2 Å². The van der Waals surface area contributed by atoms with Crippen LogP contribution >= 0.6 is 0 Å². The first-order valence-electron chi connectivity index (χ1n) is 8.05. The zero-order valence-electron chi connectivity index (χ0n) is 12.9. The van der Waals surface area contributed by atoms with Crippen molar-refractivity contribution in [2.24, 2.45) is 0 Å². The second-order valence-electron chi connectivity index (χ2n) is 5.96. The molecule has 0 spiro atoms. The fourth-order valence-corrected chi connectivity index (χ4v) is 3.29. The molecule has 6 heteroatoms. The van der Waals surface area contributed by atoms with Gasteiger partial charge in [0, 0.05) is 5.56 Å². The Hall–Kier alpha value is -1.47. The van der Waals surface area contributed by atoms with Crippen LogP contribution < -0.4 is 0 Å². The molecule has 0 radical (unpaired) electrons. The van der Waals surface area contributed by atoms with Crippen molar-refractivity contribution in [2.75, 3.05) is 13.2 Å². The molecule has 3 fully saturated rings. The van der Waals surface area contributed by atoms with Crippen molar-refractivity contribution in [3.05, 3.63) is 35.9 Å². The standard InChI is InChI=1S/C17H20O6/c1-2-19-13(18)8-11-14-16(22-14)15-12(21-11)9-20-17(23-15)10-6-4-3-5-7-10/h3-7,11-12,14-17H,2,8-9H2,1H3/t11-,12-,14-,15-,16-,17-/m1/s1. The number of esters is 1. The number of fused-ring (bicyclic) bond motifs is 3. The summed E-state index contributed by atoms with van der Waals surface area (Å²) < 4.78 is 28.5. The average molecular weight is 320 g/mol. The summed E-state index contributed by atoms with van der Waals surface area (Å²) >= 11 is 0. The number of benzene rings is 1. The topological polar surface area (TPSA) is 66.5 Å². The van der Waals surface area contributed by atoms with Crippen LogP contribution in [0.5, 0.6) is 0 Å². The van der Waals surface area contributed by atoms with E-state index in [1.54, 1.807) is 6.92 Å². The van der Waals surface area contributed by atoms with Gasteiger partial charge in [-0.05, 0) is 6.92 Å². The van der Waals surface area contributed by atoms with Gasteiger partial charge in [-0.15, -0.1) is 0 Å². The summed E-state index contributed by atoms with van der Waals surface area (Å²) in [5, 5.41) is 0. The molecular formula is C17H20O6. The molecule has 3 aliphatic heterocycles. The number of ether oxygens (including phenoxy) is 5. The van der Waals surface area contributed by atoms with E-state index >= 15 is 0 Å². The lowest BCUT2D eigenvalue weighted by Gasteiger charge is -2.39. The van der Waals surface area contributed by atoms with Gasteiger partial charge in [-0.2, -0.15) is 0 Å². The molecule has 1 aromatic rings. The van der Waals surface area contributed by atoms with Crippen molar-refractivity contribution in [1.29, 1.82) is 0 Å². The van der Waals surface area contributed by atoms with Crippen molar-refractivity contribution in [3.8, 4) is 0 Å². The molecule has 0 bridgehead atoms. The lowest BCUT2D eigenvalue weighted by Crippen LogP contribution is -2.52. The van der Waals surface area contributed by atoms with Gasteiger partial charge in [0.1, 0.15) is 24.4 Å². The van der Waals surface area contributed by atoms with E-state index in [-0.39, 0.29) is 42.9 Å². The van der Waals surface area contributed by atoms with E-state index in [4.69, 9.17) is 23.7 Å². The third-order valence-electron chi connectivity index (χ3n) is 4.41. The molecule has 4 rings (SSSR count). The van der Waals surface area contributed by atoms with Gasteiger partial charge in [0.05, 0.1) is 25.7 Å². The maximum Gasteiger partial charge on any atom is 0.308 e. The van der Waals surface area contributed by atoms with Gasteiger partial charge in [-0.3, -0.25) is 4.79 Å². The van der Waals surface area contributed by atoms with Gasteiger partial charge in [0.25, 0.3) is 0 Å². The largest absolute Gasteiger partial charge is 0.466 e. The molecule has 124 valence electrons. The van der Waals surface area contributed by atoms with Crippen LogP contribution in [0, 0.1) is 0 Å². The minimum absolute atomic E-state index is 0.0247. The fourth-order valence-electron chi connectivity index (χ4n) is 3.29. The van der Waals surface area contributed by atoms with E-state index in [1.807, 2.05) is 30.3 Å². The second kappa shape index (κ2) is 6.20. The molecule has 0 unspecified atom stereocenters.